The molecule has 0 spiro atoms. The standard InChI is InChI=1S/C18H27NO3/c1-14-4-3-5-17(15(14)2)22-9-7-19-10-16-11-21-8-6-18(16,12-19)13-20/h3-5,16,20H,6-13H2,1-2H3/t16-,18-/m1/s1. The molecule has 2 aliphatic rings. The Balaban J connectivity index is 1.53. The van der Waals surface area contributed by atoms with Crippen LogP contribution >= 0.6 is 0 Å². The molecule has 4 nitrogen and oxygen atoms in total. The Hall–Kier alpha value is -1.10. The minimum Gasteiger partial charge on any atom is -0.492 e. The van der Waals surface area contributed by atoms with Crippen LogP contribution < -0.4 is 4.74 Å². The van der Waals surface area contributed by atoms with E-state index < -0.39 is 0 Å². The molecule has 2 saturated heterocycles. The Morgan fingerprint density at radius 3 is 3.05 bits per heavy atom. The van der Waals surface area contributed by atoms with Gasteiger partial charge in [0, 0.05) is 37.6 Å². The van der Waals surface area contributed by atoms with Crippen molar-refractivity contribution in [2.75, 3.05) is 46.1 Å². The summed E-state index contributed by atoms with van der Waals surface area (Å²) in [6, 6.07) is 6.19. The van der Waals surface area contributed by atoms with Gasteiger partial charge in [0.15, 0.2) is 0 Å². The molecule has 1 aromatic rings. The number of fused-ring (bicyclic) bond motifs is 1. The van der Waals surface area contributed by atoms with Crippen molar-refractivity contribution in [2.45, 2.75) is 20.3 Å². The fourth-order valence-corrected chi connectivity index (χ4v) is 3.75. The first-order chi connectivity index (χ1) is 10.6. The molecule has 1 aromatic carbocycles. The molecule has 0 amide bonds. The Morgan fingerprint density at radius 2 is 2.27 bits per heavy atom. The molecule has 3 rings (SSSR count). The van der Waals surface area contributed by atoms with Crippen LogP contribution in [0.3, 0.4) is 0 Å². The molecule has 0 bridgehead atoms. The lowest BCUT2D eigenvalue weighted by molar-refractivity contribution is -0.0417. The first-order valence-corrected chi connectivity index (χ1v) is 8.24. The number of benzene rings is 1. The molecule has 122 valence electrons. The fourth-order valence-electron chi connectivity index (χ4n) is 3.75. The quantitative estimate of drug-likeness (QED) is 0.903. The fraction of sp³-hybridized carbons (Fsp3) is 0.667. The van der Waals surface area contributed by atoms with E-state index in [0.29, 0.717) is 12.5 Å². The van der Waals surface area contributed by atoms with Crippen molar-refractivity contribution in [3.63, 3.8) is 0 Å². The third kappa shape index (κ3) is 3.00. The maximum atomic E-state index is 9.83. The number of ether oxygens (including phenoxy) is 2. The van der Waals surface area contributed by atoms with Crippen molar-refractivity contribution in [3.8, 4) is 5.75 Å². The van der Waals surface area contributed by atoms with Gasteiger partial charge in [0.25, 0.3) is 0 Å². The van der Waals surface area contributed by atoms with Crippen LogP contribution in [0.15, 0.2) is 18.2 Å². The van der Waals surface area contributed by atoms with Gasteiger partial charge in [0.1, 0.15) is 12.4 Å². The molecule has 4 heteroatoms. The average molecular weight is 305 g/mol. The second kappa shape index (κ2) is 6.57. The van der Waals surface area contributed by atoms with Gasteiger partial charge in [-0.25, -0.2) is 0 Å². The van der Waals surface area contributed by atoms with E-state index in [1.54, 1.807) is 0 Å². The second-order valence-corrected chi connectivity index (χ2v) is 6.82. The highest BCUT2D eigenvalue weighted by atomic mass is 16.5. The highest BCUT2D eigenvalue weighted by Crippen LogP contribution is 2.41. The topological polar surface area (TPSA) is 41.9 Å². The van der Waals surface area contributed by atoms with E-state index in [1.807, 2.05) is 12.1 Å². The van der Waals surface area contributed by atoms with Gasteiger partial charge in [0.2, 0.25) is 0 Å². The van der Waals surface area contributed by atoms with Crippen LogP contribution in [0, 0.1) is 25.2 Å². The van der Waals surface area contributed by atoms with Crippen molar-refractivity contribution in [1.29, 1.82) is 0 Å². The molecule has 0 aromatic heterocycles. The summed E-state index contributed by atoms with van der Waals surface area (Å²) in [6.45, 7) is 9.63. The highest BCUT2D eigenvalue weighted by molar-refractivity contribution is 5.38. The van der Waals surface area contributed by atoms with Crippen molar-refractivity contribution in [3.05, 3.63) is 29.3 Å². The second-order valence-electron chi connectivity index (χ2n) is 6.82. The molecule has 0 radical (unpaired) electrons. The summed E-state index contributed by atoms with van der Waals surface area (Å²) in [6.07, 6.45) is 0.975. The average Bonchev–Trinajstić information content (AvgIpc) is 2.90. The summed E-state index contributed by atoms with van der Waals surface area (Å²) >= 11 is 0. The molecule has 2 atom stereocenters. The summed E-state index contributed by atoms with van der Waals surface area (Å²) < 4.78 is 11.6. The lowest BCUT2D eigenvalue weighted by Crippen LogP contribution is -2.41. The normalized spacial score (nSPS) is 28.6. The molecule has 2 fully saturated rings. The van der Waals surface area contributed by atoms with Crippen molar-refractivity contribution in [1.82, 2.24) is 4.90 Å². The molecule has 0 aliphatic carbocycles. The summed E-state index contributed by atoms with van der Waals surface area (Å²) in [5.41, 5.74) is 2.54. The van der Waals surface area contributed by atoms with Gasteiger partial charge >= 0.3 is 0 Å². The Morgan fingerprint density at radius 1 is 1.41 bits per heavy atom. The maximum Gasteiger partial charge on any atom is 0.122 e. The minimum absolute atomic E-state index is 0.0531. The zero-order chi connectivity index (χ0) is 15.6. The number of aryl methyl sites for hydroxylation is 1. The lowest BCUT2D eigenvalue weighted by atomic mass is 9.75. The van der Waals surface area contributed by atoms with Crippen LogP contribution in [-0.4, -0.2) is 56.1 Å². The first-order valence-electron chi connectivity index (χ1n) is 8.24. The molecular weight excluding hydrogens is 278 g/mol. The molecule has 0 saturated carbocycles. The van der Waals surface area contributed by atoms with Crippen molar-refractivity contribution < 1.29 is 14.6 Å². The maximum absolute atomic E-state index is 9.83. The first kappa shape index (κ1) is 15.8. The van der Waals surface area contributed by atoms with Gasteiger partial charge in [-0.3, -0.25) is 4.90 Å². The smallest absolute Gasteiger partial charge is 0.122 e. The van der Waals surface area contributed by atoms with Crippen molar-refractivity contribution in [2.24, 2.45) is 11.3 Å². The lowest BCUT2D eigenvalue weighted by Gasteiger charge is -2.36. The van der Waals surface area contributed by atoms with E-state index >= 15 is 0 Å². The van der Waals surface area contributed by atoms with Crippen LogP contribution in [-0.2, 0) is 4.74 Å². The van der Waals surface area contributed by atoms with Gasteiger partial charge in [0.05, 0.1) is 13.2 Å². The zero-order valence-electron chi connectivity index (χ0n) is 13.7. The third-order valence-electron chi connectivity index (χ3n) is 5.48. The third-order valence-corrected chi connectivity index (χ3v) is 5.48. The van der Waals surface area contributed by atoms with Crippen LogP contribution in [0.1, 0.15) is 17.5 Å². The highest BCUT2D eigenvalue weighted by Gasteiger charge is 2.47. The number of rotatable bonds is 5. The van der Waals surface area contributed by atoms with E-state index in [9.17, 15) is 5.11 Å². The Labute approximate surface area is 133 Å². The Bertz CT molecular complexity index is 519. The number of aliphatic hydroxyl groups is 1. The largest absolute Gasteiger partial charge is 0.492 e. The van der Waals surface area contributed by atoms with E-state index in [1.165, 1.54) is 11.1 Å². The van der Waals surface area contributed by atoms with Crippen LogP contribution in [0.2, 0.25) is 0 Å². The van der Waals surface area contributed by atoms with Gasteiger partial charge in [-0.05, 0) is 37.5 Å². The summed E-state index contributed by atoms with van der Waals surface area (Å²) in [5, 5.41) is 9.83. The monoisotopic (exact) mass is 305 g/mol. The van der Waals surface area contributed by atoms with Crippen molar-refractivity contribution >= 4 is 0 Å². The van der Waals surface area contributed by atoms with E-state index in [-0.39, 0.29) is 12.0 Å². The predicted molar refractivity (Wildman–Crippen MR) is 86.3 cm³/mol. The molecule has 22 heavy (non-hydrogen) atoms. The molecular formula is C18H27NO3. The molecule has 1 N–H and O–H groups in total. The van der Waals surface area contributed by atoms with Gasteiger partial charge in [-0.1, -0.05) is 12.1 Å². The minimum atomic E-state index is 0.0531. The summed E-state index contributed by atoms with van der Waals surface area (Å²) in [7, 11) is 0. The molecule has 0 unspecified atom stereocenters. The van der Waals surface area contributed by atoms with Crippen LogP contribution in [0.4, 0.5) is 0 Å². The molecule has 2 heterocycles. The summed E-state index contributed by atoms with van der Waals surface area (Å²) in [4.78, 5) is 2.42. The van der Waals surface area contributed by atoms with Gasteiger partial charge < -0.3 is 14.6 Å². The van der Waals surface area contributed by atoms with Crippen LogP contribution in [0.25, 0.3) is 0 Å². The number of nitrogens with zero attached hydrogens (tertiary/aromatic N) is 1. The van der Waals surface area contributed by atoms with Gasteiger partial charge in [-0.2, -0.15) is 0 Å². The predicted octanol–water partition coefficient (Wildman–Crippen LogP) is 2.01. The number of likely N-dealkylation sites (tertiary alicyclic amines) is 1. The van der Waals surface area contributed by atoms with E-state index in [0.717, 1.165) is 45.0 Å². The van der Waals surface area contributed by atoms with Crippen LogP contribution in [0.5, 0.6) is 5.75 Å². The summed E-state index contributed by atoms with van der Waals surface area (Å²) in [5.74, 6) is 1.45. The SMILES string of the molecule is Cc1cccc(OCCN2C[C@@H]3COCC[C@]3(CO)C2)c1C. The van der Waals surface area contributed by atoms with E-state index in [2.05, 4.69) is 24.8 Å². The van der Waals surface area contributed by atoms with E-state index in [4.69, 9.17) is 9.47 Å². The number of hydrogen-bond acceptors (Lipinski definition) is 4. The Kier molecular flexibility index (Phi) is 4.71. The zero-order valence-corrected chi connectivity index (χ0v) is 13.7. The van der Waals surface area contributed by atoms with Gasteiger partial charge in [-0.15, -0.1) is 0 Å². The molecule has 2 aliphatic heterocycles. The number of hydrogen-bond donors (Lipinski definition) is 1. The number of aliphatic hydroxyl groups excluding tert-OH is 1.